The molecule has 0 radical (unpaired) electrons. The van der Waals surface area contributed by atoms with E-state index in [-0.39, 0.29) is 18.1 Å². The summed E-state index contributed by atoms with van der Waals surface area (Å²) in [4.78, 5) is 14.5. The van der Waals surface area contributed by atoms with E-state index in [0.29, 0.717) is 23.5 Å². The highest BCUT2D eigenvalue weighted by Gasteiger charge is 2.21. The maximum atomic E-state index is 12.1. The Hall–Kier alpha value is -1.79. The number of benzene rings is 1. The number of nitrogen functional groups attached to an aromatic ring is 1. The molecule has 0 saturated carbocycles. The van der Waals surface area contributed by atoms with Crippen molar-refractivity contribution < 1.29 is 14.3 Å². The first-order valence-corrected chi connectivity index (χ1v) is 8.09. The third kappa shape index (κ3) is 5.41. The first-order chi connectivity index (χ1) is 11.0. The molecule has 1 aliphatic heterocycles. The van der Waals surface area contributed by atoms with E-state index in [4.69, 9.17) is 15.2 Å². The van der Waals surface area contributed by atoms with Gasteiger partial charge in [0.25, 0.3) is 0 Å². The summed E-state index contributed by atoms with van der Waals surface area (Å²) < 4.78 is 10.9. The Morgan fingerprint density at radius 1 is 1.39 bits per heavy atom. The number of hydrogen-bond acceptors (Lipinski definition) is 5. The molecule has 1 fully saturated rings. The predicted octanol–water partition coefficient (Wildman–Crippen LogP) is 2.11. The number of carbonyl (C=O) groups excluding carboxylic acids is 1. The van der Waals surface area contributed by atoms with E-state index < -0.39 is 0 Å². The molecule has 3 N–H and O–H groups in total. The van der Waals surface area contributed by atoms with Crippen molar-refractivity contribution in [3.63, 3.8) is 0 Å². The van der Waals surface area contributed by atoms with Gasteiger partial charge in [0, 0.05) is 31.3 Å². The lowest BCUT2D eigenvalue weighted by atomic mass is 10.2. The lowest BCUT2D eigenvalue weighted by Gasteiger charge is -2.35. The van der Waals surface area contributed by atoms with Crippen molar-refractivity contribution in [2.75, 3.05) is 37.8 Å². The molecule has 6 heteroatoms. The van der Waals surface area contributed by atoms with E-state index in [1.165, 1.54) is 0 Å². The molecule has 2 atom stereocenters. The quantitative estimate of drug-likeness (QED) is 0.785. The van der Waals surface area contributed by atoms with Gasteiger partial charge in [0.15, 0.2) is 0 Å². The van der Waals surface area contributed by atoms with Gasteiger partial charge >= 0.3 is 0 Å². The molecule has 23 heavy (non-hydrogen) atoms. The molecule has 1 aromatic carbocycles. The maximum absolute atomic E-state index is 12.1. The highest BCUT2D eigenvalue weighted by Crippen LogP contribution is 2.26. The van der Waals surface area contributed by atoms with E-state index in [9.17, 15) is 4.79 Å². The van der Waals surface area contributed by atoms with Crippen LogP contribution in [-0.4, -0.2) is 49.8 Å². The molecule has 2 rings (SSSR count). The molecule has 0 bridgehead atoms. The van der Waals surface area contributed by atoms with E-state index in [1.54, 1.807) is 25.3 Å². The Labute approximate surface area is 137 Å². The zero-order chi connectivity index (χ0) is 16.8. The van der Waals surface area contributed by atoms with E-state index in [2.05, 4.69) is 24.1 Å². The van der Waals surface area contributed by atoms with Crippen molar-refractivity contribution in [2.45, 2.75) is 38.9 Å². The molecule has 0 spiro atoms. The van der Waals surface area contributed by atoms with E-state index >= 15 is 0 Å². The topological polar surface area (TPSA) is 76.8 Å². The van der Waals surface area contributed by atoms with Crippen LogP contribution in [0.5, 0.6) is 5.75 Å². The van der Waals surface area contributed by atoms with Gasteiger partial charge < -0.3 is 20.5 Å². The summed E-state index contributed by atoms with van der Waals surface area (Å²) in [5.74, 6) is 0.566. The predicted molar refractivity (Wildman–Crippen MR) is 91.7 cm³/mol. The average molecular weight is 321 g/mol. The number of ether oxygens (including phenoxy) is 2. The van der Waals surface area contributed by atoms with Crippen LogP contribution in [0.2, 0.25) is 0 Å². The molecule has 1 aromatic rings. The van der Waals surface area contributed by atoms with Crippen LogP contribution in [0.1, 0.15) is 26.7 Å². The summed E-state index contributed by atoms with van der Waals surface area (Å²) in [7, 11) is 1.56. The molecule has 1 amide bonds. The van der Waals surface area contributed by atoms with Gasteiger partial charge in [-0.3, -0.25) is 9.69 Å². The minimum atomic E-state index is -0.0116. The second kappa shape index (κ2) is 8.17. The molecular formula is C17H27N3O3. The van der Waals surface area contributed by atoms with Gasteiger partial charge in [0.1, 0.15) is 5.75 Å². The number of rotatable bonds is 6. The highest BCUT2D eigenvalue weighted by atomic mass is 16.5. The summed E-state index contributed by atoms with van der Waals surface area (Å²) in [6.45, 7) is 6.94. The van der Waals surface area contributed by atoms with Crippen LogP contribution in [-0.2, 0) is 9.53 Å². The molecule has 2 unspecified atom stereocenters. The van der Waals surface area contributed by atoms with Crippen molar-refractivity contribution in [2.24, 2.45) is 0 Å². The molecule has 128 valence electrons. The molecular weight excluding hydrogens is 294 g/mol. The summed E-state index contributed by atoms with van der Waals surface area (Å²) in [5, 5.41) is 2.88. The standard InChI is InChI=1S/C17H27N3O3/c1-12-10-20(11-13(2)23-12)8-4-5-17(21)19-15-7-6-14(18)9-16(15)22-3/h6-7,9,12-13H,4-5,8,10-11,18H2,1-3H3,(H,19,21). The van der Waals surface area contributed by atoms with Crippen LogP contribution in [0.25, 0.3) is 0 Å². The van der Waals surface area contributed by atoms with Crippen LogP contribution in [0, 0.1) is 0 Å². The number of amides is 1. The number of anilines is 2. The fourth-order valence-corrected chi connectivity index (χ4v) is 2.95. The summed E-state index contributed by atoms with van der Waals surface area (Å²) in [6.07, 6.45) is 1.81. The summed E-state index contributed by atoms with van der Waals surface area (Å²) in [6, 6.07) is 5.21. The smallest absolute Gasteiger partial charge is 0.224 e. The third-order valence-electron chi connectivity index (χ3n) is 3.87. The number of nitrogens with one attached hydrogen (secondary N) is 1. The monoisotopic (exact) mass is 321 g/mol. The van der Waals surface area contributed by atoms with Gasteiger partial charge in [-0.05, 0) is 38.9 Å². The minimum Gasteiger partial charge on any atom is -0.494 e. The van der Waals surface area contributed by atoms with E-state index in [1.807, 2.05) is 0 Å². The zero-order valence-corrected chi connectivity index (χ0v) is 14.2. The Bertz CT molecular complexity index is 526. The molecule has 1 aliphatic rings. The maximum Gasteiger partial charge on any atom is 0.224 e. The zero-order valence-electron chi connectivity index (χ0n) is 14.2. The second-order valence-electron chi connectivity index (χ2n) is 6.13. The Morgan fingerprint density at radius 2 is 2.09 bits per heavy atom. The Kier molecular flexibility index (Phi) is 6.24. The van der Waals surface area contributed by atoms with Gasteiger partial charge in [0.05, 0.1) is 25.0 Å². The second-order valence-corrected chi connectivity index (χ2v) is 6.13. The third-order valence-corrected chi connectivity index (χ3v) is 3.87. The van der Waals surface area contributed by atoms with Crippen LogP contribution in [0.15, 0.2) is 18.2 Å². The Morgan fingerprint density at radius 3 is 2.74 bits per heavy atom. The van der Waals surface area contributed by atoms with Gasteiger partial charge in [-0.15, -0.1) is 0 Å². The largest absolute Gasteiger partial charge is 0.494 e. The first-order valence-electron chi connectivity index (χ1n) is 8.09. The molecule has 0 aliphatic carbocycles. The lowest BCUT2D eigenvalue weighted by molar-refractivity contribution is -0.116. The van der Waals surface area contributed by atoms with Gasteiger partial charge in [0.2, 0.25) is 5.91 Å². The van der Waals surface area contributed by atoms with E-state index in [0.717, 1.165) is 26.1 Å². The normalized spacial score (nSPS) is 21.9. The van der Waals surface area contributed by atoms with Gasteiger partial charge in [-0.25, -0.2) is 0 Å². The van der Waals surface area contributed by atoms with Crippen molar-refractivity contribution in [3.8, 4) is 5.75 Å². The highest BCUT2D eigenvalue weighted by molar-refractivity contribution is 5.92. The van der Waals surface area contributed by atoms with Crippen molar-refractivity contribution >= 4 is 17.3 Å². The van der Waals surface area contributed by atoms with Crippen LogP contribution in [0.3, 0.4) is 0 Å². The summed E-state index contributed by atoms with van der Waals surface area (Å²) >= 11 is 0. The number of hydrogen-bond donors (Lipinski definition) is 2. The fourth-order valence-electron chi connectivity index (χ4n) is 2.95. The number of morpholine rings is 1. The van der Waals surface area contributed by atoms with Crippen LogP contribution < -0.4 is 15.8 Å². The molecule has 1 saturated heterocycles. The SMILES string of the molecule is COc1cc(N)ccc1NC(=O)CCCN1CC(C)OC(C)C1. The van der Waals surface area contributed by atoms with Crippen molar-refractivity contribution in [1.82, 2.24) is 4.90 Å². The molecule has 1 heterocycles. The minimum absolute atomic E-state index is 0.0116. The molecule has 6 nitrogen and oxygen atoms in total. The van der Waals surface area contributed by atoms with Crippen LogP contribution >= 0.6 is 0 Å². The number of nitrogens with zero attached hydrogens (tertiary/aromatic N) is 1. The lowest BCUT2D eigenvalue weighted by Crippen LogP contribution is -2.45. The van der Waals surface area contributed by atoms with Gasteiger partial charge in [-0.2, -0.15) is 0 Å². The summed E-state index contributed by atoms with van der Waals surface area (Å²) in [5.41, 5.74) is 6.97. The number of carbonyl (C=O) groups is 1. The van der Waals surface area contributed by atoms with Crippen molar-refractivity contribution in [1.29, 1.82) is 0 Å². The molecule has 0 aromatic heterocycles. The number of nitrogens with two attached hydrogens (primary N) is 1. The van der Waals surface area contributed by atoms with Crippen molar-refractivity contribution in [3.05, 3.63) is 18.2 Å². The average Bonchev–Trinajstić information content (AvgIpc) is 2.48. The Balaban J connectivity index is 1.77. The fraction of sp³-hybridized carbons (Fsp3) is 0.588. The van der Waals surface area contributed by atoms with Crippen LogP contribution in [0.4, 0.5) is 11.4 Å². The van der Waals surface area contributed by atoms with Gasteiger partial charge in [-0.1, -0.05) is 0 Å². The first kappa shape index (κ1) is 17.6. The number of methoxy groups -OCH3 is 1.